The molecule has 0 atom stereocenters. The van der Waals surface area contributed by atoms with Crippen LogP contribution in [0.25, 0.3) is 10.9 Å². The number of benzene rings is 1. The third-order valence-electron chi connectivity index (χ3n) is 5.12. The second kappa shape index (κ2) is 7.59. The fourth-order valence-electron chi connectivity index (χ4n) is 3.72. The quantitative estimate of drug-likeness (QED) is 0.490. The van der Waals surface area contributed by atoms with E-state index in [0.29, 0.717) is 39.0 Å². The van der Waals surface area contributed by atoms with E-state index in [9.17, 15) is 18.4 Å². The normalized spacial score (nSPS) is 16.9. The van der Waals surface area contributed by atoms with Crippen LogP contribution >= 0.6 is 0 Å². The Morgan fingerprint density at radius 2 is 1.97 bits per heavy atom. The van der Waals surface area contributed by atoms with E-state index in [1.807, 2.05) is 0 Å². The lowest BCUT2D eigenvalue weighted by Crippen LogP contribution is -2.44. The van der Waals surface area contributed by atoms with Crippen molar-refractivity contribution in [2.75, 3.05) is 36.8 Å². The maximum absolute atomic E-state index is 15.3. The highest BCUT2D eigenvalue weighted by molar-refractivity contribution is 6.01. The van der Waals surface area contributed by atoms with Gasteiger partial charge >= 0.3 is 12.8 Å². The number of halogens is 3. The molecule has 0 unspecified atom stereocenters. The third-order valence-corrected chi connectivity index (χ3v) is 5.12. The van der Waals surface area contributed by atoms with Gasteiger partial charge in [0.25, 0.3) is 0 Å². The maximum Gasteiger partial charge on any atom is 0.511 e. The Morgan fingerprint density at radius 1 is 1.30 bits per heavy atom. The van der Waals surface area contributed by atoms with E-state index in [4.69, 9.17) is 15.6 Å². The first-order chi connectivity index (χ1) is 14.3. The first-order valence-electron chi connectivity index (χ1n) is 9.30. The minimum Gasteiger partial charge on any atom is -0.449 e. The molecule has 1 saturated carbocycles. The van der Waals surface area contributed by atoms with E-state index in [1.165, 1.54) is 9.47 Å². The number of carboxylic acid groups (broad SMARTS) is 1. The predicted molar refractivity (Wildman–Crippen MR) is 101 cm³/mol. The Hall–Kier alpha value is -3.15. The summed E-state index contributed by atoms with van der Waals surface area (Å²) in [4.78, 5) is 25.3. The lowest BCUT2D eigenvalue weighted by atomic mass is 10.1. The first kappa shape index (κ1) is 20.1. The van der Waals surface area contributed by atoms with Crippen molar-refractivity contribution in [2.45, 2.75) is 25.5 Å². The molecular formula is C18H19F3N4O5. The Morgan fingerprint density at radius 3 is 2.53 bits per heavy atom. The van der Waals surface area contributed by atoms with Gasteiger partial charge in [0, 0.05) is 32.2 Å². The number of ether oxygens (including phenoxy) is 2. The highest BCUT2D eigenvalue weighted by Crippen LogP contribution is 2.47. The summed E-state index contributed by atoms with van der Waals surface area (Å²) in [7, 11) is 0. The third kappa shape index (κ3) is 3.47. The minimum atomic E-state index is -3.28. The molecule has 1 aliphatic carbocycles. The SMILES string of the molecule is Nc1c(F)c(N2CCNCC2)c(OC(F)F)c2c1c(=O)c(OC(=O)O)cn2C1CC1. The van der Waals surface area contributed by atoms with E-state index in [0.717, 1.165) is 6.20 Å². The van der Waals surface area contributed by atoms with Crippen LogP contribution in [-0.4, -0.2) is 48.6 Å². The molecule has 1 aliphatic heterocycles. The second-order valence-corrected chi connectivity index (χ2v) is 7.07. The highest BCUT2D eigenvalue weighted by atomic mass is 19.3. The summed E-state index contributed by atoms with van der Waals surface area (Å²) in [6.45, 7) is -1.67. The number of hydrogen-bond acceptors (Lipinski definition) is 7. The summed E-state index contributed by atoms with van der Waals surface area (Å²) in [6.07, 6.45) is 0.681. The fraction of sp³-hybridized carbons (Fsp3) is 0.444. The average Bonchev–Trinajstić information content (AvgIpc) is 3.52. The van der Waals surface area contributed by atoms with E-state index in [-0.39, 0.29) is 17.2 Å². The lowest BCUT2D eigenvalue weighted by molar-refractivity contribution is -0.0488. The zero-order valence-corrected chi connectivity index (χ0v) is 15.7. The second-order valence-electron chi connectivity index (χ2n) is 7.07. The Kier molecular flexibility index (Phi) is 5.10. The number of hydrogen-bond donors (Lipinski definition) is 3. The van der Waals surface area contributed by atoms with Gasteiger partial charge in [-0.2, -0.15) is 8.78 Å². The molecule has 1 aromatic heterocycles. The van der Waals surface area contributed by atoms with Crippen molar-refractivity contribution in [1.29, 1.82) is 0 Å². The monoisotopic (exact) mass is 428 g/mol. The first-order valence-corrected chi connectivity index (χ1v) is 9.30. The van der Waals surface area contributed by atoms with Gasteiger partial charge in [-0.1, -0.05) is 0 Å². The van der Waals surface area contributed by atoms with Crippen molar-refractivity contribution in [3.8, 4) is 11.5 Å². The molecule has 12 heteroatoms. The molecule has 2 aromatic rings. The number of rotatable bonds is 5. The number of anilines is 2. The molecule has 0 spiro atoms. The minimum absolute atomic E-state index is 0.104. The van der Waals surface area contributed by atoms with Crippen LogP contribution in [0.4, 0.5) is 29.3 Å². The number of fused-ring (bicyclic) bond motifs is 1. The molecule has 1 saturated heterocycles. The largest absolute Gasteiger partial charge is 0.511 e. The van der Waals surface area contributed by atoms with Gasteiger partial charge in [0.2, 0.25) is 5.43 Å². The van der Waals surface area contributed by atoms with Gasteiger partial charge in [-0.25, -0.2) is 9.18 Å². The molecule has 1 aromatic carbocycles. The van der Waals surface area contributed by atoms with Crippen LogP contribution in [0.1, 0.15) is 18.9 Å². The molecule has 30 heavy (non-hydrogen) atoms. The number of piperazine rings is 1. The molecular weight excluding hydrogens is 409 g/mol. The number of pyridine rings is 1. The van der Waals surface area contributed by atoms with Crippen LogP contribution < -0.4 is 30.9 Å². The van der Waals surface area contributed by atoms with Crippen molar-refractivity contribution < 1.29 is 32.5 Å². The van der Waals surface area contributed by atoms with Crippen LogP contribution in [0.2, 0.25) is 0 Å². The zero-order valence-electron chi connectivity index (χ0n) is 15.7. The topological polar surface area (TPSA) is 119 Å². The van der Waals surface area contributed by atoms with E-state index in [1.54, 1.807) is 0 Å². The highest BCUT2D eigenvalue weighted by Gasteiger charge is 2.34. The Labute approximate surface area is 167 Å². The average molecular weight is 428 g/mol. The van der Waals surface area contributed by atoms with Crippen LogP contribution in [-0.2, 0) is 0 Å². The van der Waals surface area contributed by atoms with Crippen LogP contribution in [0, 0.1) is 5.82 Å². The molecule has 0 bridgehead atoms. The zero-order chi connectivity index (χ0) is 21.6. The van der Waals surface area contributed by atoms with Gasteiger partial charge < -0.3 is 35.1 Å². The maximum atomic E-state index is 15.3. The summed E-state index contributed by atoms with van der Waals surface area (Å²) >= 11 is 0. The van der Waals surface area contributed by atoms with E-state index >= 15 is 4.39 Å². The van der Waals surface area contributed by atoms with Gasteiger partial charge in [-0.3, -0.25) is 4.79 Å². The molecule has 4 N–H and O–H groups in total. The molecule has 2 heterocycles. The number of carbonyl (C=O) groups is 1. The summed E-state index contributed by atoms with van der Waals surface area (Å²) < 4.78 is 52.7. The standard InChI is InChI=1S/C18H19F3N4O5/c19-11-12(22)10-13(16(30-17(20)21)14(11)24-5-3-23-4-6-24)25(8-1-2-8)7-9(15(10)26)29-18(27)28/h7-8,17,23H,1-6,22H2,(H,27,28). The number of nitrogens with zero attached hydrogens (tertiary/aromatic N) is 2. The van der Waals surface area contributed by atoms with Crippen molar-refractivity contribution in [3.63, 3.8) is 0 Å². The Bertz CT molecular complexity index is 1060. The molecule has 2 fully saturated rings. The summed E-state index contributed by atoms with van der Waals surface area (Å²) in [5.74, 6) is -2.17. The van der Waals surface area contributed by atoms with Crippen molar-refractivity contribution in [3.05, 3.63) is 22.2 Å². The van der Waals surface area contributed by atoms with E-state index in [2.05, 4.69) is 10.1 Å². The molecule has 0 amide bonds. The molecule has 4 rings (SSSR count). The van der Waals surface area contributed by atoms with E-state index < -0.39 is 46.6 Å². The van der Waals surface area contributed by atoms with Gasteiger partial charge in [0.05, 0.1) is 22.8 Å². The predicted octanol–water partition coefficient (Wildman–Crippen LogP) is 2.13. The molecule has 9 nitrogen and oxygen atoms in total. The fourth-order valence-corrected chi connectivity index (χ4v) is 3.72. The Balaban J connectivity index is 2.09. The molecule has 0 radical (unpaired) electrons. The van der Waals surface area contributed by atoms with Crippen molar-refractivity contribution in [1.82, 2.24) is 9.88 Å². The number of nitrogen functional groups attached to an aromatic ring is 1. The number of aromatic nitrogens is 1. The van der Waals surface area contributed by atoms with Gasteiger partial charge in [0.15, 0.2) is 17.3 Å². The summed E-state index contributed by atoms with van der Waals surface area (Å²) in [6, 6.07) is -0.218. The number of alkyl halides is 2. The molecule has 162 valence electrons. The van der Waals surface area contributed by atoms with Gasteiger partial charge in [-0.05, 0) is 12.8 Å². The van der Waals surface area contributed by atoms with Gasteiger partial charge in [-0.15, -0.1) is 0 Å². The molecule has 2 aliphatic rings. The number of nitrogens with two attached hydrogens (primary N) is 1. The van der Waals surface area contributed by atoms with Gasteiger partial charge in [0.1, 0.15) is 5.69 Å². The van der Waals surface area contributed by atoms with Crippen LogP contribution in [0.3, 0.4) is 0 Å². The van der Waals surface area contributed by atoms with Crippen molar-refractivity contribution in [2.24, 2.45) is 0 Å². The number of nitrogens with one attached hydrogen (secondary N) is 1. The summed E-state index contributed by atoms with van der Waals surface area (Å²) in [5, 5.41) is 11.5. The van der Waals surface area contributed by atoms with Crippen LogP contribution in [0.5, 0.6) is 11.5 Å². The smallest absolute Gasteiger partial charge is 0.449 e. The van der Waals surface area contributed by atoms with Crippen molar-refractivity contribution >= 4 is 28.4 Å². The lowest BCUT2D eigenvalue weighted by Gasteiger charge is -2.32. The van der Waals surface area contributed by atoms with Crippen LogP contribution in [0.15, 0.2) is 11.0 Å². The summed E-state index contributed by atoms with van der Waals surface area (Å²) in [5.41, 5.74) is 3.99.